The Hall–Kier alpha value is -2.52. The number of nitrogens with two attached hydrogens (primary N) is 1. The van der Waals surface area contributed by atoms with Crippen molar-refractivity contribution in [3.63, 3.8) is 0 Å². The number of cyclic esters (lactones) is 1. The summed E-state index contributed by atoms with van der Waals surface area (Å²) in [5, 5.41) is 19.3. The van der Waals surface area contributed by atoms with Crippen LogP contribution in [0.25, 0.3) is 0 Å². The number of carbonyl (C=O) groups is 4. The maximum absolute atomic E-state index is 12.5. The number of hydroxylamine groups is 2. The van der Waals surface area contributed by atoms with Crippen LogP contribution in [-0.4, -0.2) is 65.0 Å². The molecule has 1 aromatic rings. The van der Waals surface area contributed by atoms with Crippen molar-refractivity contribution in [2.45, 2.75) is 11.8 Å². The molecule has 1 fully saturated rings. The first-order valence-corrected chi connectivity index (χ1v) is 8.40. The van der Waals surface area contributed by atoms with Crippen molar-refractivity contribution >= 4 is 45.9 Å². The molecule has 13 nitrogen and oxygen atoms in total. The van der Waals surface area contributed by atoms with E-state index in [0.29, 0.717) is 5.06 Å². The fraction of sp³-hybridized carbons (Fsp3) is 0.286. The summed E-state index contributed by atoms with van der Waals surface area (Å²) < 4.78 is 4.67. The van der Waals surface area contributed by atoms with Crippen LogP contribution in [0.5, 0.6) is 0 Å². The molecule has 29 heavy (non-hydrogen) atoms. The Morgan fingerprint density at radius 1 is 1.52 bits per heavy atom. The van der Waals surface area contributed by atoms with Gasteiger partial charge in [0, 0.05) is 11.5 Å². The van der Waals surface area contributed by atoms with Gasteiger partial charge in [-0.1, -0.05) is 5.16 Å². The second-order valence-electron chi connectivity index (χ2n) is 5.39. The summed E-state index contributed by atoms with van der Waals surface area (Å²) in [6.07, 6.45) is 1.62. The molecule has 3 N–H and O–H groups in total. The quantitative estimate of drug-likeness (QED) is 0.189. The van der Waals surface area contributed by atoms with E-state index < -0.39 is 42.1 Å². The molecule has 3 rings (SSSR count). The fourth-order valence-corrected chi connectivity index (χ4v) is 2.96. The van der Waals surface area contributed by atoms with E-state index in [2.05, 4.69) is 25.0 Å². The number of carbonyl (C=O) groups excluding carboxylic acids is 4. The molecular formula is C14H12N5NaO8S. The summed E-state index contributed by atoms with van der Waals surface area (Å²) in [5.74, 6) is -4.72. The standard InChI is InChI=1S/C14H13N5O8S.Na/c1-25-18-9(7-5-28-13(15)17-7)10(21)16-6-4-26-19(11(6)22)14(12(23)24)3-2-8(20)27-14;/h2-3,5-6H,4H2,1H3,(H2,15,17)(H,16,21)(H,23,24);/q;+1/p-1/b18-9-;. The van der Waals surface area contributed by atoms with Crippen molar-refractivity contribution in [3.05, 3.63) is 23.2 Å². The number of aromatic nitrogens is 1. The van der Waals surface area contributed by atoms with Gasteiger partial charge in [0.05, 0.1) is 0 Å². The molecule has 3 heterocycles. The first-order chi connectivity index (χ1) is 13.3. The van der Waals surface area contributed by atoms with E-state index in [1.165, 1.54) is 12.5 Å². The van der Waals surface area contributed by atoms with Crippen LogP contribution < -0.4 is 45.7 Å². The van der Waals surface area contributed by atoms with Gasteiger partial charge in [0.2, 0.25) is 0 Å². The normalized spacial score (nSPS) is 23.6. The molecule has 0 bridgehead atoms. The zero-order valence-corrected chi connectivity index (χ0v) is 17.9. The summed E-state index contributed by atoms with van der Waals surface area (Å²) in [4.78, 5) is 61.3. The van der Waals surface area contributed by atoms with Crippen LogP contribution >= 0.6 is 11.3 Å². The number of aliphatic carboxylic acids is 1. The number of carboxylic acid groups (broad SMARTS) is 1. The number of carboxylic acids is 1. The third-order valence-corrected chi connectivity index (χ3v) is 4.31. The average Bonchev–Trinajstić information content (AvgIpc) is 3.33. The zero-order valence-electron chi connectivity index (χ0n) is 15.1. The number of amides is 2. The Kier molecular flexibility index (Phi) is 6.97. The predicted octanol–water partition coefficient (Wildman–Crippen LogP) is -6.10. The van der Waals surface area contributed by atoms with Gasteiger partial charge in [0.1, 0.15) is 31.4 Å². The van der Waals surface area contributed by atoms with Gasteiger partial charge in [-0.25, -0.2) is 9.78 Å². The van der Waals surface area contributed by atoms with Gasteiger partial charge in [-0.15, -0.1) is 11.3 Å². The van der Waals surface area contributed by atoms with E-state index in [0.717, 1.165) is 23.5 Å². The van der Waals surface area contributed by atoms with Crippen LogP contribution in [0.4, 0.5) is 5.13 Å². The molecule has 0 radical (unpaired) electrons. The van der Waals surface area contributed by atoms with Gasteiger partial charge in [-0.3, -0.25) is 14.4 Å². The maximum atomic E-state index is 12.5. The van der Waals surface area contributed by atoms with Crippen LogP contribution in [0.1, 0.15) is 5.69 Å². The number of anilines is 1. The van der Waals surface area contributed by atoms with Crippen molar-refractivity contribution in [3.8, 4) is 0 Å². The minimum Gasteiger partial charge on any atom is -0.544 e. The number of nitrogen functional groups attached to an aromatic ring is 1. The average molecular weight is 433 g/mol. The van der Waals surface area contributed by atoms with Gasteiger partial charge in [-0.05, 0) is 6.08 Å². The largest absolute Gasteiger partial charge is 1.00 e. The van der Waals surface area contributed by atoms with Crippen molar-refractivity contribution in [1.82, 2.24) is 15.4 Å². The van der Waals surface area contributed by atoms with Crippen LogP contribution in [0.3, 0.4) is 0 Å². The molecule has 2 amide bonds. The molecule has 2 atom stereocenters. The minimum absolute atomic E-state index is 0. The number of hydrogen-bond donors (Lipinski definition) is 2. The van der Waals surface area contributed by atoms with Crippen molar-refractivity contribution < 1.29 is 68.3 Å². The van der Waals surface area contributed by atoms with E-state index in [4.69, 9.17) is 10.6 Å². The molecule has 148 valence electrons. The summed E-state index contributed by atoms with van der Waals surface area (Å²) in [6.45, 7) is -0.426. The van der Waals surface area contributed by atoms with Crippen molar-refractivity contribution in [1.29, 1.82) is 0 Å². The molecule has 2 aliphatic heterocycles. The third kappa shape index (κ3) is 4.25. The SMILES string of the molecule is CO/N=C(\C(=O)NC1CON(C2(C(=O)[O-])C=CC(=O)O2)C1=O)c1csc(N)n1.[Na+]. The summed E-state index contributed by atoms with van der Waals surface area (Å²) in [5.41, 5.74) is 2.83. The van der Waals surface area contributed by atoms with Crippen molar-refractivity contribution in [2.24, 2.45) is 5.16 Å². The molecule has 0 aromatic carbocycles. The summed E-state index contributed by atoms with van der Waals surface area (Å²) in [6, 6.07) is -1.30. The number of esters is 1. The number of ether oxygens (including phenoxy) is 1. The van der Waals surface area contributed by atoms with Gasteiger partial charge in [0.15, 0.2) is 10.8 Å². The van der Waals surface area contributed by atoms with Gasteiger partial charge in [0.25, 0.3) is 17.5 Å². The van der Waals surface area contributed by atoms with Gasteiger partial charge in [-0.2, -0.15) is 5.06 Å². The fourth-order valence-electron chi connectivity index (χ4n) is 2.41. The number of hydrogen-bond acceptors (Lipinski definition) is 12. The van der Waals surface area contributed by atoms with Gasteiger partial charge >= 0.3 is 35.5 Å². The number of oxime groups is 1. The zero-order chi connectivity index (χ0) is 20.5. The topological polar surface area (TPSA) is 186 Å². The molecular weight excluding hydrogens is 421 g/mol. The van der Waals surface area contributed by atoms with Crippen LogP contribution in [0, 0.1) is 0 Å². The van der Waals surface area contributed by atoms with Crippen LogP contribution in [0.2, 0.25) is 0 Å². The van der Waals surface area contributed by atoms with Crippen molar-refractivity contribution in [2.75, 3.05) is 19.5 Å². The summed E-state index contributed by atoms with van der Waals surface area (Å²) >= 11 is 1.06. The molecule has 0 spiro atoms. The molecule has 1 saturated heterocycles. The minimum atomic E-state index is -2.56. The second kappa shape index (κ2) is 8.87. The molecule has 0 aliphatic carbocycles. The monoisotopic (exact) mass is 433 g/mol. The van der Waals surface area contributed by atoms with E-state index in [1.807, 2.05) is 0 Å². The molecule has 0 saturated carbocycles. The van der Waals surface area contributed by atoms with E-state index in [9.17, 15) is 24.3 Å². The number of nitrogens with one attached hydrogen (secondary N) is 1. The van der Waals surface area contributed by atoms with E-state index >= 15 is 0 Å². The maximum Gasteiger partial charge on any atom is 1.00 e. The molecule has 1 aromatic heterocycles. The Morgan fingerprint density at radius 2 is 2.24 bits per heavy atom. The van der Waals surface area contributed by atoms with Crippen LogP contribution in [0.15, 0.2) is 22.7 Å². The Morgan fingerprint density at radius 3 is 2.76 bits per heavy atom. The molecule has 15 heteroatoms. The number of rotatable bonds is 6. The Labute approximate surface area is 188 Å². The summed E-state index contributed by atoms with van der Waals surface area (Å²) in [7, 11) is 1.21. The van der Waals surface area contributed by atoms with Gasteiger partial charge < -0.3 is 30.5 Å². The van der Waals surface area contributed by atoms with E-state index in [1.54, 1.807) is 0 Å². The molecule has 2 aliphatic rings. The first kappa shape index (κ1) is 22.8. The second-order valence-corrected chi connectivity index (χ2v) is 6.28. The Bertz CT molecular complexity index is 918. The number of nitrogens with zero attached hydrogens (tertiary/aromatic N) is 3. The smallest absolute Gasteiger partial charge is 0.544 e. The molecule has 2 unspecified atom stereocenters. The number of thiazole rings is 1. The third-order valence-electron chi connectivity index (χ3n) is 3.63. The Balaban J connectivity index is 0.00000300. The predicted molar refractivity (Wildman–Crippen MR) is 87.8 cm³/mol. The van der Waals surface area contributed by atoms with Crippen LogP contribution in [-0.2, 0) is 33.6 Å². The first-order valence-electron chi connectivity index (χ1n) is 7.52. The van der Waals surface area contributed by atoms with E-state index in [-0.39, 0.29) is 46.1 Å².